The molecule has 3 rings (SSSR count). The van der Waals surface area contributed by atoms with Crippen molar-refractivity contribution in [3.05, 3.63) is 54.0 Å². The lowest BCUT2D eigenvalue weighted by Crippen LogP contribution is -2.62. The van der Waals surface area contributed by atoms with E-state index in [9.17, 15) is 14.0 Å². The maximum absolute atomic E-state index is 13.1. The Bertz CT molecular complexity index is 841. The topological polar surface area (TPSA) is 71.5 Å². The Morgan fingerprint density at radius 2 is 2.04 bits per heavy atom. The molecule has 0 bridgehead atoms. The number of nitrogens with one attached hydrogen (secondary N) is 1. The number of halogens is 1. The summed E-state index contributed by atoms with van der Waals surface area (Å²) in [5.74, 6) is -0.516. The monoisotopic (exact) mass is 371 g/mol. The third kappa shape index (κ3) is 3.77. The van der Waals surface area contributed by atoms with Crippen molar-refractivity contribution in [2.75, 3.05) is 11.4 Å². The fraction of sp³-hybridized carbons (Fsp3) is 0.350. The first-order chi connectivity index (χ1) is 13.0. The van der Waals surface area contributed by atoms with Gasteiger partial charge in [0.1, 0.15) is 5.82 Å². The van der Waals surface area contributed by atoms with E-state index in [0.29, 0.717) is 18.1 Å². The first kappa shape index (κ1) is 18.8. The number of anilines is 1. The number of amides is 2. The van der Waals surface area contributed by atoms with Crippen molar-refractivity contribution in [3.8, 4) is 5.75 Å². The second kappa shape index (κ2) is 7.73. The van der Waals surface area contributed by atoms with Gasteiger partial charge in [-0.25, -0.2) is 9.37 Å². The third-order valence-electron chi connectivity index (χ3n) is 4.51. The molecule has 1 atom stereocenters. The highest BCUT2D eigenvalue weighted by Crippen LogP contribution is 2.36. The van der Waals surface area contributed by atoms with Crippen LogP contribution in [0.25, 0.3) is 0 Å². The van der Waals surface area contributed by atoms with E-state index in [4.69, 9.17) is 4.74 Å². The van der Waals surface area contributed by atoms with Crippen LogP contribution in [0.1, 0.15) is 32.3 Å². The number of hydrogen-bond donors (Lipinski definition) is 1. The Morgan fingerprint density at radius 3 is 2.74 bits per heavy atom. The number of nitrogens with zero attached hydrogens (tertiary/aromatic N) is 2. The summed E-state index contributed by atoms with van der Waals surface area (Å²) in [7, 11) is 0. The van der Waals surface area contributed by atoms with E-state index in [2.05, 4.69) is 10.3 Å². The average molecular weight is 371 g/mol. The van der Waals surface area contributed by atoms with Crippen LogP contribution in [0, 0.1) is 5.82 Å². The van der Waals surface area contributed by atoms with Crippen molar-refractivity contribution < 1.29 is 18.7 Å². The van der Waals surface area contributed by atoms with Crippen LogP contribution < -0.4 is 15.0 Å². The standard InChI is InChI=1S/C20H22FN3O3/c1-3-4-12-24-17-16(6-5-11-22-17)27-20(2,19(24)26)18(25)23-13-14-7-9-15(21)10-8-14/h5-11H,3-4,12-13H2,1-2H3,(H,23,25)/t20-/m1/s1. The number of aromatic nitrogens is 1. The Hall–Kier alpha value is -2.96. The Kier molecular flexibility index (Phi) is 5.39. The largest absolute Gasteiger partial charge is 0.464 e. The van der Waals surface area contributed by atoms with E-state index in [1.807, 2.05) is 6.92 Å². The van der Waals surface area contributed by atoms with Crippen LogP contribution in [0.5, 0.6) is 5.75 Å². The van der Waals surface area contributed by atoms with Gasteiger partial charge in [0.05, 0.1) is 0 Å². The van der Waals surface area contributed by atoms with Crippen molar-refractivity contribution in [1.82, 2.24) is 10.3 Å². The zero-order valence-electron chi connectivity index (χ0n) is 15.4. The van der Waals surface area contributed by atoms with Gasteiger partial charge in [0.25, 0.3) is 17.4 Å². The highest BCUT2D eigenvalue weighted by atomic mass is 19.1. The number of pyridine rings is 1. The van der Waals surface area contributed by atoms with Crippen LogP contribution in [0.4, 0.5) is 10.2 Å². The lowest BCUT2D eigenvalue weighted by molar-refractivity contribution is -0.148. The Labute approximate surface area is 157 Å². The Balaban J connectivity index is 1.81. The summed E-state index contributed by atoms with van der Waals surface area (Å²) < 4.78 is 18.8. The van der Waals surface area contributed by atoms with Crippen LogP contribution in [0.3, 0.4) is 0 Å². The van der Waals surface area contributed by atoms with Gasteiger partial charge in [-0.3, -0.25) is 14.5 Å². The molecule has 27 heavy (non-hydrogen) atoms. The number of hydrogen-bond acceptors (Lipinski definition) is 4. The molecule has 0 fully saturated rings. The van der Waals surface area contributed by atoms with E-state index in [1.54, 1.807) is 30.5 Å². The second-order valence-electron chi connectivity index (χ2n) is 6.58. The van der Waals surface area contributed by atoms with Crippen LogP contribution in [0.2, 0.25) is 0 Å². The second-order valence-corrected chi connectivity index (χ2v) is 6.58. The SMILES string of the molecule is CCCCN1C(=O)[C@@](C)(C(=O)NCc2ccc(F)cc2)Oc2cccnc21. The molecule has 1 aliphatic heterocycles. The third-order valence-corrected chi connectivity index (χ3v) is 4.51. The predicted octanol–water partition coefficient (Wildman–Crippen LogP) is 2.82. The number of ether oxygens (including phenoxy) is 1. The molecular formula is C20H22FN3O3. The van der Waals surface area contributed by atoms with Gasteiger partial charge < -0.3 is 10.1 Å². The minimum atomic E-state index is -1.69. The van der Waals surface area contributed by atoms with Crippen LogP contribution in [-0.2, 0) is 16.1 Å². The van der Waals surface area contributed by atoms with E-state index in [0.717, 1.165) is 18.4 Å². The zero-order valence-corrected chi connectivity index (χ0v) is 15.4. The van der Waals surface area contributed by atoms with E-state index < -0.39 is 17.4 Å². The molecule has 6 nitrogen and oxygen atoms in total. The fourth-order valence-electron chi connectivity index (χ4n) is 2.90. The molecule has 2 amide bonds. The minimum Gasteiger partial charge on any atom is -0.464 e. The molecule has 7 heteroatoms. The maximum atomic E-state index is 13.1. The van der Waals surface area contributed by atoms with Crippen molar-refractivity contribution in [1.29, 1.82) is 0 Å². The molecule has 1 aromatic heterocycles. The molecule has 0 unspecified atom stereocenters. The summed E-state index contributed by atoms with van der Waals surface area (Å²) in [5, 5.41) is 2.71. The molecule has 2 aromatic rings. The van der Waals surface area contributed by atoms with Gasteiger partial charge >= 0.3 is 0 Å². The quantitative estimate of drug-likeness (QED) is 0.793. The molecular weight excluding hydrogens is 349 g/mol. The summed E-state index contributed by atoms with van der Waals surface area (Å²) in [6.45, 7) is 4.12. The van der Waals surface area contributed by atoms with Gasteiger partial charge in [0, 0.05) is 19.3 Å². The predicted molar refractivity (Wildman–Crippen MR) is 98.8 cm³/mol. The minimum absolute atomic E-state index is 0.167. The molecule has 0 saturated heterocycles. The summed E-state index contributed by atoms with van der Waals surface area (Å²) in [6.07, 6.45) is 3.28. The van der Waals surface area contributed by atoms with Crippen LogP contribution in [-0.4, -0.2) is 28.9 Å². The number of carbonyl (C=O) groups is 2. The van der Waals surface area contributed by atoms with Crippen LogP contribution >= 0.6 is 0 Å². The smallest absolute Gasteiger partial charge is 0.282 e. The van der Waals surface area contributed by atoms with Gasteiger partial charge in [0.15, 0.2) is 11.6 Å². The van der Waals surface area contributed by atoms with Crippen molar-refractivity contribution >= 4 is 17.6 Å². The molecule has 0 radical (unpaired) electrons. The van der Waals surface area contributed by atoms with E-state index in [-0.39, 0.29) is 12.4 Å². The van der Waals surface area contributed by atoms with Crippen molar-refractivity contribution in [2.24, 2.45) is 0 Å². The molecule has 142 valence electrons. The number of rotatable bonds is 6. The normalized spacial score (nSPS) is 18.6. The first-order valence-electron chi connectivity index (χ1n) is 8.94. The molecule has 0 saturated carbocycles. The van der Waals surface area contributed by atoms with Gasteiger partial charge in [-0.05, 0) is 43.2 Å². The van der Waals surface area contributed by atoms with Crippen LogP contribution in [0.15, 0.2) is 42.6 Å². The van der Waals surface area contributed by atoms with Gasteiger partial charge in [0.2, 0.25) is 0 Å². The molecule has 2 heterocycles. The highest BCUT2D eigenvalue weighted by molar-refractivity contribution is 6.16. The number of fused-ring (bicyclic) bond motifs is 1. The van der Waals surface area contributed by atoms with Gasteiger partial charge in [-0.1, -0.05) is 25.5 Å². The van der Waals surface area contributed by atoms with Gasteiger partial charge in [-0.15, -0.1) is 0 Å². The summed E-state index contributed by atoms with van der Waals surface area (Å²) in [6, 6.07) is 9.19. The summed E-state index contributed by atoms with van der Waals surface area (Å²) in [5.41, 5.74) is -0.967. The maximum Gasteiger partial charge on any atom is 0.282 e. The fourth-order valence-corrected chi connectivity index (χ4v) is 2.90. The highest BCUT2D eigenvalue weighted by Gasteiger charge is 2.50. The van der Waals surface area contributed by atoms with Crippen molar-refractivity contribution in [2.45, 2.75) is 38.8 Å². The summed E-state index contributed by atoms with van der Waals surface area (Å²) in [4.78, 5) is 31.6. The number of unbranched alkanes of at least 4 members (excludes halogenated alkanes) is 1. The molecule has 1 aliphatic rings. The lowest BCUT2D eigenvalue weighted by atomic mass is 10.0. The molecule has 0 spiro atoms. The molecule has 1 N–H and O–H groups in total. The Morgan fingerprint density at radius 1 is 1.30 bits per heavy atom. The first-order valence-corrected chi connectivity index (χ1v) is 8.94. The number of carbonyl (C=O) groups excluding carboxylic acids is 2. The zero-order chi connectivity index (χ0) is 19.4. The molecule has 0 aliphatic carbocycles. The molecule has 1 aromatic carbocycles. The van der Waals surface area contributed by atoms with E-state index >= 15 is 0 Å². The lowest BCUT2D eigenvalue weighted by Gasteiger charge is -2.38. The average Bonchev–Trinajstić information content (AvgIpc) is 2.67. The van der Waals surface area contributed by atoms with Crippen molar-refractivity contribution in [3.63, 3.8) is 0 Å². The summed E-state index contributed by atoms with van der Waals surface area (Å²) >= 11 is 0. The van der Waals surface area contributed by atoms with E-state index in [1.165, 1.54) is 24.0 Å². The number of benzene rings is 1. The van der Waals surface area contributed by atoms with Gasteiger partial charge in [-0.2, -0.15) is 0 Å².